The molecular formula is C17H21N3O3S. The summed E-state index contributed by atoms with van der Waals surface area (Å²) in [7, 11) is -3.32. The molecule has 0 spiro atoms. The van der Waals surface area contributed by atoms with Crippen LogP contribution >= 0.6 is 0 Å². The zero-order valence-corrected chi connectivity index (χ0v) is 14.6. The van der Waals surface area contributed by atoms with Crippen LogP contribution in [0.4, 0.5) is 17.1 Å². The van der Waals surface area contributed by atoms with Crippen LogP contribution in [-0.4, -0.2) is 26.6 Å². The first-order valence-electron chi connectivity index (χ1n) is 7.45. The van der Waals surface area contributed by atoms with Gasteiger partial charge in [0.05, 0.1) is 11.9 Å². The van der Waals surface area contributed by atoms with Crippen LogP contribution in [0.2, 0.25) is 0 Å². The molecule has 0 saturated heterocycles. The van der Waals surface area contributed by atoms with Crippen LogP contribution in [0.15, 0.2) is 48.5 Å². The zero-order valence-electron chi connectivity index (χ0n) is 13.8. The molecule has 2 aromatic carbocycles. The number of amides is 1. The van der Waals surface area contributed by atoms with E-state index >= 15 is 0 Å². The molecule has 0 fully saturated rings. The number of aryl methyl sites for hydroxylation is 1. The molecular weight excluding hydrogens is 326 g/mol. The highest BCUT2D eigenvalue weighted by atomic mass is 32.2. The quantitative estimate of drug-likeness (QED) is 0.750. The Hall–Kier alpha value is -2.54. The number of nitrogens with one attached hydrogen (secondary N) is 3. The molecule has 1 amide bonds. The fourth-order valence-corrected chi connectivity index (χ4v) is 2.78. The number of para-hydroxylation sites is 1. The number of carbonyl (C=O) groups excluding carboxylic acids is 1. The van der Waals surface area contributed by atoms with Crippen LogP contribution < -0.4 is 15.4 Å². The molecule has 0 radical (unpaired) electrons. The topological polar surface area (TPSA) is 87.3 Å². The summed E-state index contributed by atoms with van der Waals surface area (Å²) < 4.78 is 25.0. The van der Waals surface area contributed by atoms with E-state index in [9.17, 15) is 13.2 Å². The van der Waals surface area contributed by atoms with Crippen molar-refractivity contribution < 1.29 is 13.2 Å². The molecule has 128 valence electrons. The number of sulfonamides is 1. The van der Waals surface area contributed by atoms with Gasteiger partial charge in [0.2, 0.25) is 15.9 Å². The molecule has 0 heterocycles. The molecule has 24 heavy (non-hydrogen) atoms. The maximum atomic E-state index is 12.2. The summed E-state index contributed by atoms with van der Waals surface area (Å²) >= 11 is 0. The van der Waals surface area contributed by atoms with E-state index in [1.165, 1.54) is 0 Å². The van der Waals surface area contributed by atoms with Crippen molar-refractivity contribution >= 4 is 33.0 Å². The lowest BCUT2D eigenvalue weighted by molar-refractivity contribution is -0.116. The predicted molar refractivity (Wildman–Crippen MR) is 97.8 cm³/mol. The summed E-state index contributed by atoms with van der Waals surface area (Å²) in [4.78, 5) is 12.2. The Morgan fingerprint density at radius 3 is 2.29 bits per heavy atom. The van der Waals surface area contributed by atoms with Gasteiger partial charge in [-0.05, 0) is 49.7 Å². The predicted octanol–water partition coefficient (Wildman–Crippen LogP) is 2.81. The van der Waals surface area contributed by atoms with E-state index in [1.54, 1.807) is 32.0 Å². The van der Waals surface area contributed by atoms with Gasteiger partial charge in [-0.3, -0.25) is 9.52 Å². The standard InChI is InChI=1S/C17H21N3O3S/c1-12-11-15(9-10-16(12)20-24(3,22)23)18-13(2)17(21)19-14-7-5-4-6-8-14/h4-11,13,18,20H,1-3H3,(H,19,21)/t13-/m1/s1. The lowest BCUT2D eigenvalue weighted by Gasteiger charge is -2.17. The highest BCUT2D eigenvalue weighted by molar-refractivity contribution is 7.92. The second-order valence-electron chi connectivity index (χ2n) is 5.63. The van der Waals surface area contributed by atoms with E-state index in [0.717, 1.165) is 23.2 Å². The van der Waals surface area contributed by atoms with Gasteiger partial charge < -0.3 is 10.6 Å². The minimum atomic E-state index is -3.32. The van der Waals surface area contributed by atoms with Crippen molar-refractivity contribution in [3.63, 3.8) is 0 Å². The molecule has 6 nitrogen and oxygen atoms in total. The van der Waals surface area contributed by atoms with Crippen molar-refractivity contribution in [2.75, 3.05) is 21.6 Å². The smallest absolute Gasteiger partial charge is 0.246 e. The third kappa shape index (κ3) is 5.27. The zero-order chi connectivity index (χ0) is 17.7. The number of carbonyl (C=O) groups is 1. The summed E-state index contributed by atoms with van der Waals surface area (Å²) in [6.07, 6.45) is 1.11. The summed E-state index contributed by atoms with van der Waals surface area (Å²) in [6, 6.07) is 14.0. The van der Waals surface area contributed by atoms with E-state index in [4.69, 9.17) is 0 Å². The van der Waals surface area contributed by atoms with Crippen molar-refractivity contribution in [2.24, 2.45) is 0 Å². The molecule has 0 bridgehead atoms. The van der Waals surface area contributed by atoms with Crippen LogP contribution in [0.1, 0.15) is 12.5 Å². The average molecular weight is 347 g/mol. The molecule has 2 aromatic rings. The molecule has 1 atom stereocenters. The average Bonchev–Trinajstić information content (AvgIpc) is 2.50. The first-order chi connectivity index (χ1) is 11.2. The number of hydrogen-bond donors (Lipinski definition) is 3. The van der Waals surface area contributed by atoms with Gasteiger partial charge in [-0.15, -0.1) is 0 Å². The van der Waals surface area contributed by atoms with Crippen LogP contribution in [-0.2, 0) is 14.8 Å². The Morgan fingerprint density at radius 1 is 1.04 bits per heavy atom. The van der Waals surface area contributed by atoms with E-state index < -0.39 is 16.1 Å². The van der Waals surface area contributed by atoms with E-state index in [-0.39, 0.29) is 5.91 Å². The Labute approximate surface area is 142 Å². The minimum Gasteiger partial charge on any atom is -0.374 e. The van der Waals surface area contributed by atoms with Crippen molar-refractivity contribution in [1.82, 2.24) is 0 Å². The Kier molecular flexibility index (Phi) is 5.46. The largest absolute Gasteiger partial charge is 0.374 e. The van der Waals surface area contributed by atoms with Crippen molar-refractivity contribution in [1.29, 1.82) is 0 Å². The number of hydrogen-bond acceptors (Lipinski definition) is 4. The van der Waals surface area contributed by atoms with Gasteiger partial charge >= 0.3 is 0 Å². The second-order valence-corrected chi connectivity index (χ2v) is 7.37. The molecule has 2 rings (SSSR count). The maximum Gasteiger partial charge on any atom is 0.246 e. The molecule has 0 aliphatic rings. The number of rotatable bonds is 6. The van der Waals surface area contributed by atoms with Gasteiger partial charge in [0.15, 0.2) is 0 Å². The van der Waals surface area contributed by atoms with Crippen LogP contribution in [0.25, 0.3) is 0 Å². The van der Waals surface area contributed by atoms with Gasteiger partial charge in [-0.25, -0.2) is 8.42 Å². The highest BCUT2D eigenvalue weighted by Gasteiger charge is 2.13. The molecule has 0 saturated carbocycles. The number of benzene rings is 2. The molecule has 3 N–H and O–H groups in total. The van der Waals surface area contributed by atoms with Gasteiger partial charge in [-0.2, -0.15) is 0 Å². The lowest BCUT2D eigenvalue weighted by Crippen LogP contribution is -2.31. The fraction of sp³-hybridized carbons (Fsp3) is 0.235. The second kappa shape index (κ2) is 7.35. The summed E-state index contributed by atoms with van der Waals surface area (Å²) in [5.74, 6) is -0.155. The number of anilines is 3. The summed E-state index contributed by atoms with van der Waals surface area (Å²) in [5, 5.41) is 5.93. The van der Waals surface area contributed by atoms with Crippen molar-refractivity contribution in [3.8, 4) is 0 Å². The summed E-state index contributed by atoms with van der Waals surface area (Å²) in [5.41, 5.74) is 2.76. The van der Waals surface area contributed by atoms with Gasteiger partial charge in [-0.1, -0.05) is 18.2 Å². The van der Waals surface area contributed by atoms with Crippen molar-refractivity contribution in [3.05, 3.63) is 54.1 Å². The Bertz CT molecular complexity index is 820. The molecule has 0 aliphatic heterocycles. The van der Waals surface area contributed by atoms with E-state index in [1.807, 2.05) is 30.3 Å². The minimum absolute atomic E-state index is 0.155. The van der Waals surface area contributed by atoms with Gasteiger partial charge in [0, 0.05) is 11.4 Å². The third-order valence-corrected chi connectivity index (χ3v) is 3.93. The maximum absolute atomic E-state index is 12.2. The SMILES string of the molecule is Cc1cc(N[C@H](C)C(=O)Nc2ccccc2)ccc1NS(C)(=O)=O. The molecule has 7 heteroatoms. The monoisotopic (exact) mass is 347 g/mol. The molecule has 0 aromatic heterocycles. The highest BCUT2D eigenvalue weighted by Crippen LogP contribution is 2.21. The first-order valence-corrected chi connectivity index (χ1v) is 9.34. The Morgan fingerprint density at radius 2 is 1.71 bits per heavy atom. The Balaban J connectivity index is 2.02. The van der Waals surface area contributed by atoms with E-state index in [0.29, 0.717) is 5.69 Å². The lowest BCUT2D eigenvalue weighted by atomic mass is 10.1. The van der Waals surface area contributed by atoms with Crippen LogP contribution in [0.3, 0.4) is 0 Å². The van der Waals surface area contributed by atoms with Gasteiger partial charge in [0.25, 0.3) is 0 Å². The molecule has 0 aliphatic carbocycles. The summed E-state index contributed by atoms with van der Waals surface area (Å²) in [6.45, 7) is 3.56. The van der Waals surface area contributed by atoms with Crippen LogP contribution in [0.5, 0.6) is 0 Å². The normalized spacial score (nSPS) is 12.3. The van der Waals surface area contributed by atoms with Crippen LogP contribution in [0, 0.1) is 6.92 Å². The van der Waals surface area contributed by atoms with E-state index in [2.05, 4.69) is 15.4 Å². The van der Waals surface area contributed by atoms with Gasteiger partial charge in [0.1, 0.15) is 6.04 Å². The first kappa shape index (κ1) is 17.8. The third-order valence-electron chi connectivity index (χ3n) is 3.34. The molecule has 0 unspecified atom stereocenters. The fourth-order valence-electron chi connectivity index (χ4n) is 2.16. The van der Waals surface area contributed by atoms with Crippen molar-refractivity contribution in [2.45, 2.75) is 19.9 Å².